The Morgan fingerprint density at radius 1 is 1.45 bits per heavy atom. The smallest absolute Gasteiger partial charge is 0.414 e. The SMILES string of the molecule is C=CCN1CC(c2ccc(N3CC(CNC(C)=O)OC3=O)cc2F)CCS1(O)O. The summed E-state index contributed by atoms with van der Waals surface area (Å²) in [6.45, 7) is 6.05. The van der Waals surface area contributed by atoms with Crippen molar-refractivity contribution in [2.75, 3.05) is 36.8 Å². The second-order valence-corrected chi connectivity index (χ2v) is 9.41. The third kappa shape index (κ3) is 4.89. The summed E-state index contributed by atoms with van der Waals surface area (Å²) in [6.07, 6.45) is 0.963. The largest absolute Gasteiger partial charge is 0.442 e. The van der Waals surface area contributed by atoms with Crippen molar-refractivity contribution in [2.45, 2.75) is 25.4 Å². The summed E-state index contributed by atoms with van der Waals surface area (Å²) >= 11 is 0. The number of hydrogen-bond acceptors (Lipinski definition) is 6. The van der Waals surface area contributed by atoms with Crippen LogP contribution in [0.3, 0.4) is 0 Å². The van der Waals surface area contributed by atoms with Gasteiger partial charge in [-0.3, -0.25) is 18.8 Å². The Bertz CT molecular complexity index is 806. The van der Waals surface area contributed by atoms with Crippen molar-refractivity contribution >= 4 is 28.5 Å². The molecular weight excluding hydrogens is 401 g/mol. The predicted octanol–water partition coefficient (Wildman–Crippen LogP) is 2.93. The van der Waals surface area contributed by atoms with Crippen molar-refractivity contribution in [2.24, 2.45) is 0 Å². The van der Waals surface area contributed by atoms with Crippen LogP contribution in [0.5, 0.6) is 0 Å². The van der Waals surface area contributed by atoms with E-state index in [1.165, 1.54) is 22.2 Å². The van der Waals surface area contributed by atoms with Crippen LogP contribution in [0.1, 0.15) is 24.8 Å². The highest BCUT2D eigenvalue weighted by atomic mass is 32.3. The fourth-order valence-electron chi connectivity index (χ4n) is 3.59. The summed E-state index contributed by atoms with van der Waals surface area (Å²) in [5.74, 6) is -0.690. The topological polar surface area (TPSA) is 102 Å². The molecular formula is C19H26FN3O5S. The number of nitrogens with zero attached hydrogens (tertiary/aromatic N) is 2. The van der Waals surface area contributed by atoms with Crippen LogP contribution in [-0.2, 0) is 9.53 Å². The van der Waals surface area contributed by atoms with E-state index in [-0.39, 0.29) is 30.7 Å². The van der Waals surface area contributed by atoms with Gasteiger partial charge in [0.2, 0.25) is 5.91 Å². The highest BCUT2D eigenvalue weighted by Gasteiger charge is 2.35. The van der Waals surface area contributed by atoms with Crippen molar-refractivity contribution < 1.29 is 27.8 Å². The molecule has 0 saturated carbocycles. The minimum Gasteiger partial charge on any atom is -0.442 e. The summed E-state index contributed by atoms with van der Waals surface area (Å²) < 4.78 is 41.9. The molecule has 2 saturated heterocycles. The number of cyclic esters (lactones) is 1. The summed E-state index contributed by atoms with van der Waals surface area (Å²) in [4.78, 5) is 24.5. The van der Waals surface area contributed by atoms with E-state index in [2.05, 4.69) is 11.9 Å². The number of hydrogen-bond donors (Lipinski definition) is 3. The molecule has 3 rings (SSSR count). The van der Waals surface area contributed by atoms with Crippen LogP contribution in [-0.4, -0.2) is 63.4 Å². The summed E-state index contributed by atoms with van der Waals surface area (Å²) in [6, 6.07) is 4.58. The Hall–Kier alpha value is -2.14. The number of ether oxygens (including phenoxy) is 1. The quantitative estimate of drug-likeness (QED) is 0.604. The van der Waals surface area contributed by atoms with Gasteiger partial charge in [-0.15, -0.1) is 17.4 Å². The third-order valence-electron chi connectivity index (χ3n) is 5.10. The molecule has 2 fully saturated rings. The lowest BCUT2D eigenvalue weighted by Crippen LogP contribution is -2.38. The van der Waals surface area contributed by atoms with Gasteiger partial charge < -0.3 is 10.1 Å². The molecule has 10 heteroatoms. The lowest BCUT2D eigenvalue weighted by Gasteiger charge is -2.48. The van der Waals surface area contributed by atoms with Gasteiger partial charge in [0.15, 0.2) is 0 Å². The van der Waals surface area contributed by atoms with E-state index in [1.807, 2.05) is 0 Å². The van der Waals surface area contributed by atoms with Gasteiger partial charge in [-0.1, -0.05) is 12.1 Å². The number of amides is 2. The van der Waals surface area contributed by atoms with E-state index in [0.29, 0.717) is 30.8 Å². The fraction of sp³-hybridized carbons (Fsp3) is 0.474. The zero-order valence-electron chi connectivity index (χ0n) is 16.2. The van der Waals surface area contributed by atoms with Gasteiger partial charge in [0.05, 0.1) is 24.5 Å². The Labute approximate surface area is 170 Å². The zero-order valence-corrected chi connectivity index (χ0v) is 17.0. The van der Waals surface area contributed by atoms with Gasteiger partial charge in [0, 0.05) is 25.9 Å². The molecule has 0 radical (unpaired) electrons. The number of carbonyl (C=O) groups excluding carboxylic acids is 2. The van der Waals surface area contributed by atoms with E-state index in [4.69, 9.17) is 4.74 Å². The van der Waals surface area contributed by atoms with Crippen LogP contribution in [0.4, 0.5) is 14.9 Å². The molecule has 2 heterocycles. The van der Waals surface area contributed by atoms with Crippen LogP contribution in [0.15, 0.2) is 30.9 Å². The second-order valence-electron chi connectivity index (χ2n) is 7.22. The summed E-state index contributed by atoms with van der Waals surface area (Å²) in [5.41, 5.74) is 0.852. The molecule has 2 atom stereocenters. The van der Waals surface area contributed by atoms with Gasteiger partial charge in [0.25, 0.3) is 0 Å². The lowest BCUT2D eigenvalue weighted by atomic mass is 9.95. The number of nitrogens with one attached hydrogen (secondary N) is 1. The maximum absolute atomic E-state index is 14.9. The zero-order chi connectivity index (χ0) is 21.2. The van der Waals surface area contributed by atoms with Gasteiger partial charge >= 0.3 is 6.09 Å². The van der Waals surface area contributed by atoms with Crippen LogP contribution < -0.4 is 10.2 Å². The minimum absolute atomic E-state index is 0.177. The Morgan fingerprint density at radius 3 is 2.86 bits per heavy atom. The highest BCUT2D eigenvalue weighted by Crippen LogP contribution is 2.50. The molecule has 2 amide bonds. The van der Waals surface area contributed by atoms with Crippen molar-refractivity contribution in [1.29, 1.82) is 0 Å². The van der Waals surface area contributed by atoms with E-state index in [9.17, 15) is 23.1 Å². The summed E-state index contributed by atoms with van der Waals surface area (Å²) in [7, 11) is -2.85. The summed E-state index contributed by atoms with van der Waals surface area (Å²) in [5, 5.41) is 2.60. The third-order valence-corrected chi connectivity index (χ3v) is 7.01. The van der Waals surface area contributed by atoms with E-state index in [0.717, 1.165) is 0 Å². The molecule has 0 bridgehead atoms. The first-order valence-corrected chi connectivity index (χ1v) is 11.0. The number of benzene rings is 1. The van der Waals surface area contributed by atoms with E-state index in [1.54, 1.807) is 18.2 Å². The highest BCUT2D eigenvalue weighted by molar-refractivity contribution is 8.22. The van der Waals surface area contributed by atoms with E-state index < -0.39 is 28.8 Å². The van der Waals surface area contributed by atoms with Crippen LogP contribution in [0.25, 0.3) is 0 Å². The van der Waals surface area contributed by atoms with Crippen molar-refractivity contribution in [3.63, 3.8) is 0 Å². The number of carbonyl (C=O) groups is 2. The van der Waals surface area contributed by atoms with Gasteiger partial charge in [0.1, 0.15) is 11.9 Å². The normalized spacial score (nSPS) is 25.4. The second kappa shape index (κ2) is 8.70. The Morgan fingerprint density at radius 2 is 2.21 bits per heavy atom. The Balaban J connectivity index is 1.71. The first kappa shape index (κ1) is 21.6. The maximum Gasteiger partial charge on any atom is 0.414 e. The molecule has 3 N–H and O–H groups in total. The van der Waals surface area contributed by atoms with Crippen LogP contribution >= 0.6 is 10.8 Å². The van der Waals surface area contributed by atoms with Crippen molar-refractivity contribution in [3.8, 4) is 0 Å². The first-order chi connectivity index (χ1) is 13.7. The molecule has 0 aliphatic carbocycles. The minimum atomic E-state index is -2.85. The molecule has 2 aliphatic rings. The molecule has 2 aliphatic heterocycles. The number of anilines is 1. The standard InChI is InChI=1S/C19H26FN3O5S/c1-3-7-22-11-14(6-8-29(22,26)27)17-5-4-15(9-18(17)20)23-12-16(28-19(23)25)10-21-13(2)24/h3-5,9,14,16,26-27H,1,6-8,10-12H2,2H3,(H,21,24). The first-order valence-electron chi connectivity index (χ1n) is 9.35. The van der Waals surface area contributed by atoms with Gasteiger partial charge in [-0.05, 0) is 24.1 Å². The average molecular weight is 427 g/mol. The molecule has 8 nitrogen and oxygen atoms in total. The van der Waals surface area contributed by atoms with Crippen molar-refractivity contribution in [3.05, 3.63) is 42.2 Å². The fourth-order valence-corrected chi connectivity index (χ4v) is 5.21. The maximum atomic E-state index is 14.9. The lowest BCUT2D eigenvalue weighted by molar-refractivity contribution is -0.119. The van der Waals surface area contributed by atoms with Crippen LogP contribution in [0, 0.1) is 5.82 Å². The average Bonchev–Trinajstić information content (AvgIpc) is 3.03. The predicted molar refractivity (Wildman–Crippen MR) is 110 cm³/mol. The van der Waals surface area contributed by atoms with Gasteiger partial charge in [-0.2, -0.15) is 0 Å². The molecule has 29 heavy (non-hydrogen) atoms. The molecule has 0 aromatic heterocycles. The van der Waals surface area contributed by atoms with Gasteiger partial charge in [-0.25, -0.2) is 13.5 Å². The molecule has 160 valence electrons. The van der Waals surface area contributed by atoms with Crippen molar-refractivity contribution in [1.82, 2.24) is 9.62 Å². The molecule has 1 aromatic rings. The van der Waals surface area contributed by atoms with E-state index >= 15 is 0 Å². The number of halogens is 1. The number of rotatable bonds is 6. The Kier molecular flexibility index (Phi) is 6.47. The molecule has 1 aromatic carbocycles. The monoisotopic (exact) mass is 427 g/mol. The molecule has 0 spiro atoms. The van der Waals surface area contributed by atoms with Crippen LogP contribution in [0.2, 0.25) is 0 Å². The molecule has 2 unspecified atom stereocenters.